The van der Waals surface area contributed by atoms with Gasteiger partial charge in [-0.05, 0) is 18.6 Å². The molecule has 1 N–H and O–H groups in total. The van der Waals surface area contributed by atoms with Gasteiger partial charge in [-0.1, -0.05) is 18.5 Å². The van der Waals surface area contributed by atoms with Gasteiger partial charge in [-0.3, -0.25) is 19.3 Å². The Labute approximate surface area is 129 Å². The van der Waals surface area contributed by atoms with Crippen LogP contribution in [-0.4, -0.2) is 29.2 Å². The molecule has 22 heavy (non-hydrogen) atoms. The van der Waals surface area contributed by atoms with Crippen LogP contribution < -0.4 is 10.4 Å². The van der Waals surface area contributed by atoms with E-state index in [-0.39, 0.29) is 28.0 Å². The highest BCUT2D eigenvalue weighted by Crippen LogP contribution is 2.24. The molecule has 1 heterocycles. The maximum atomic E-state index is 13.6. The second-order valence-electron chi connectivity index (χ2n) is 4.58. The summed E-state index contributed by atoms with van der Waals surface area (Å²) in [5.74, 6) is -2.28. The van der Waals surface area contributed by atoms with Crippen LogP contribution in [0.15, 0.2) is 16.9 Å². The second-order valence-corrected chi connectivity index (χ2v) is 4.99. The maximum Gasteiger partial charge on any atom is 0.341 e. The third-order valence-corrected chi connectivity index (χ3v) is 3.59. The largest absolute Gasteiger partial charge is 0.477 e. The average Bonchev–Trinajstić information content (AvgIpc) is 2.47. The Morgan fingerprint density at radius 1 is 1.50 bits per heavy atom. The van der Waals surface area contributed by atoms with E-state index >= 15 is 0 Å². The summed E-state index contributed by atoms with van der Waals surface area (Å²) in [5, 5.41) is 9.98. The predicted molar refractivity (Wildman–Crippen MR) is 79.7 cm³/mol. The lowest BCUT2D eigenvalue weighted by molar-refractivity contribution is -0.108. The molecule has 0 aliphatic rings. The molecule has 1 aromatic carbocycles. The second kappa shape index (κ2) is 5.76. The average molecular weight is 327 g/mol. The van der Waals surface area contributed by atoms with Crippen LogP contribution in [0.25, 0.3) is 10.9 Å². The van der Waals surface area contributed by atoms with Gasteiger partial charge in [0.05, 0.1) is 21.6 Å². The van der Waals surface area contributed by atoms with Crippen molar-refractivity contribution in [1.29, 1.82) is 0 Å². The van der Waals surface area contributed by atoms with E-state index in [0.29, 0.717) is 6.41 Å². The molecule has 0 saturated heterocycles. The van der Waals surface area contributed by atoms with E-state index in [1.807, 2.05) is 0 Å². The van der Waals surface area contributed by atoms with E-state index in [2.05, 4.69) is 0 Å². The Morgan fingerprint density at radius 3 is 2.64 bits per heavy atom. The minimum absolute atomic E-state index is 0.127. The minimum Gasteiger partial charge on any atom is -0.477 e. The number of carbonyl (C=O) groups is 2. The molecule has 6 nitrogen and oxygen atoms in total. The van der Waals surface area contributed by atoms with Crippen LogP contribution in [-0.2, 0) is 11.2 Å². The molecule has 0 saturated carbocycles. The normalized spacial score (nSPS) is 10.7. The van der Waals surface area contributed by atoms with Crippen molar-refractivity contribution in [3.05, 3.63) is 44.5 Å². The van der Waals surface area contributed by atoms with Crippen molar-refractivity contribution in [2.24, 2.45) is 0 Å². The number of halogens is 2. The molecular formula is C14H12ClFN2O4. The first-order valence-corrected chi connectivity index (χ1v) is 6.69. The van der Waals surface area contributed by atoms with Crippen LogP contribution in [0.5, 0.6) is 0 Å². The third-order valence-electron chi connectivity index (χ3n) is 3.30. The lowest BCUT2D eigenvalue weighted by atomic mass is 10.1. The molecule has 0 unspecified atom stereocenters. The van der Waals surface area contributed by atoms with E-state index in [1.54, 1.807) is 6.92 Å². The monoisotopic (exact) mass is 326 g/mol. The number of hydrogen-bond acceptors (Lipinski definition) is 3. The topological polar surface area (TPSA) is 79.6 Å². The van der Waals surface area contributed by atoms with Crippen molar-refractivity contribution in [2.45, 2.75) is 13.3 Å². The van der Waals surface area contributed by atoms with Gasteiger partial charge in [-0.25, -0.2) is 9.18 Å². The Kier molecular flexibility index (Phi) is 4.18. The number of fused-ring (bicyclic) bond motifs is 1. The van der Waals surface area contributed by atoms with E-state index in [4.69, 9.17) is 11.6 Å². The smallest absolute Gasteiger partial charge is 0.341 e. The summed E-state index contributed by atoms with van der Waals surface area (Å²) < 4.78 is 14.9. The van der Waals surface area contributed by atoms with Crippen molar-refractivity contribution in [2.75, 3.05) is 12.1 Å². The molecule has 8 heteroatoms. The SMILES string of the molecule is CCc1c(C(=O)O)c(=O)c2cc(F)c(Cl)cc2n1N(C)C=O. The zero-order valence-corrected chi connectivity index (χ0v) is 12.5. The number of aromatic carboxylic acids is 1. The Hall–Kier alpha value is -2.41. The van der Waals surface area contributed by atoms with Crippen LogP contribution in [0.3, 0.4) is 0 Å². The Balaban J connectivity index is 3.14. The highest BCUT2D eigenvalue weighted by atomic mass is 35.5. The standard InChI is InChI=1S/C14H12ClFN2O4/c1-3-10-12(14(21)22)13(20)7-4-9(16)8(15)5-11(7)18(10)17(2)6-19/h4-6H,3H2,1-2H3,(H,21,22). The number of rotatable bonds is 4. The van der Waals surface area contributed by atoms with Gasteiger partial charge in [0.15, 0.2) is 0 Å². The summed E-state index contributed by atoms with van der Waals surface area (Å²) >= 11 is 5.74. The summed E-state index contributed by atoms with van der Waals surface area (Å²) in [5.41, 5.74) is -1.02. The molecule has 0 spiro atoms. The van der Waals surface area contributed by atoms with Gasteiger partial charge >= 0.3 is 5.97 Å². The van der Waals surface area contributed by atoms with Crippen LogP contribution in [0.2, 0.25) is 5.02 Å². The van der Waals surface area contributed by atoms with Gasteiger partial charge in [-0.15, -0.1) is 0 Å². The van der Waals surface area contributed by atoms with Gasteiger partial charge in [0, 0.05) is 7.05 Å². The zero-order valence-electron chi connectivity index (χ0n) is 11.8. The number of carboxylic acid groups (broad SMARTS) is 1. The molecule has 0 bridgehead atoms. The molecule has 1 amide bonds. The fourth-order valence-corrected chi connectivity index (χ4v) is 2.52. The molecule has 0 aliphatic heterocycles. The van der Waals surface area contributed by atoms with Crippen LogP contribution in [0.4, 0.5) is 4.39 Å². The predicted octanol–water partition coefficient (Wildman–Crippen LogP) is 1.78. The first kappa shape index (κ1) is 16.0. The fourth-order valence-electron chi connectivity index (χ4n) is 2.37. The van der Waals surface area contributed by atoms with E-state index in [0.717, 1.165) is 11.1 Å². The Morgan fingerprint density at radius 2 is 2.14 bits per heavy atom. The van der Waals surface area contributed by atoms with Gasteiger partial charge in [0.1, 0.15) is 11.4 Å². The number of pyridine rings is 1. The molecule has 0 aliphatic carbocycles. The van der Waals surface area contributed by atoms with Crippen molar-refractivity contribution in [3.8, 4) is 0 Å². The number of aromatic nitrogens is 1. The zero-order chi connectivity index (χ0) is 16.6. The fraction of sp³-hybridized carbons (Fsp3) is 0.214. The first-order chi connectivity index (χ1) is 10.3. The maximum absolute atomic E-state index is 13.6. The number of carbonyl (C=O) groups excluding carboxylic acids is 1. The molecule has 0 radical (unpaired) electrons. The van der Waals surface area contributed by atoms with E-state index in [9.17, 15) is 23.9 Å². The highest BCUT2D eigenvalue weighted by molar-refractivity contribution is 6.31. The van der Waals surface area contributed by atoms with E-state index < -0.39 is 22.8 Å². The lowest BCUT2D eigenvalue weighted by Gasteiger charge is -2.23. The summed E-state index contributed by atoms with van der Waals surface area (Å²) in [6.07, 6.45) is 0.631. The van der Waals surface area contributed by atoms with Crippen molar-refractivity contribution in [1.82, 2.24) is 4.68 Å². The number of carboxylic acids is 1. The first-order valence-electron chi connectivity index (χ1n) is 6.31. The summed E-state index contributed by atoms with van der Waals surface area (Å²) in [4.78, 5) is 34.9. The Bertz CT molecular complexity index is 847. The van der Waals surface area contributed by atoms with Gasteiger partial charge in [0.25, 0.3) is 0 Å². The number of hydrogen-bond donors (Lipinski definition) is 1. The highest BCUT2D eigenvalue weighted by Gasteiger charge is 2.23. The van der Waals surface area contributed by atoms with Gasteiger partial charge < -0.3 is 5.11 Å². The summed E-state index contributed by atoms with van der Waals surface area (Å²) in [7, 11) is 1.39. The summed E-state index contributed by atoms with van der Waals surface area (Å²) in [6.45, 7) is 1.65. The third kappa shape index (κ3) is 2.33. The quantitative estimate of drug-likeness (QED) is 0.869. The lowest BCUT2D eigenvalue weighted by Crippen LogP contribution is -2.35. The molecule has 2 aromatic rings. The van der Waals surface area contributed by atoms with Crippen LogP contribution >= 0.6 is 11.6 Å². The van der Waals surface area contributed by atoms with Crippen molar-refractivity contribution < 1.29 is 19.1 Å². The van der Waals surface area contributed by atoms with Crippen LogP contribution in [0, 0.1) is 5.82 Å². The van der Waals surface area contributed by atoms with Crippen LogP contribution in [0.1, 0.15) is 23.0 Å². The molecule has 2 rings (SSSR count). The van der Waals surface area contributed by atoms with Crippen molar-refractivity contribution in [3.63, 3.8) is 0 Å². The molecule has 0 atom stereocenters. The number of benzene rings is 1. The molecule has 0 fully saturated rings. The molecule has 116 valence electrons. The number of nitrogens with zero attached hydrogens (tertiary/aromatic N) is 2. The minimum atomic E-state index is -1.44. The van der Waals surface area contributed by atoms with Gasteiger partial charge in [0.2, 0.25) is 11.8 Å². The summed E-state index contributed by atoms with van der Waals surface area (Å²) in [6, 6.07) is 2.07. The molecular weight excluding hydrogens is 315 g/mol. The van der Waals surface area contributed by atoms with Gasteiger partial charge in [-0.2, -0.15) is 0 Å². The molecule has 1 aromatic heterocycles. The van der Waals surface area contributed by atoms with E-state index in [1.165, 1.54) is 17.8 Å². The number of amides is 1. The van der Waals surface area contributed by atoms with Crippen molar-refractivity contribution >= 4 is 34.9 Å².